The molecule has 5 nitrogen and oxygen atoms in total. The smallest absolute Gasteiger partial charge is 0.244 e. The Morgan fingerprint density at radius 2 is 2.35 bits per heavy atom. The van der Waals surface area contributed by atoms with Crippen LogP contribution in [0, 0.1) is 6.92 Å². The van der Waals surface area contributed by atoms with Crippen LogP contribution < -0.4 is 10.6 Å². The fourth-order valence-corrected chi connectivity index (χ4v) is 2.23. The number of carbonyl (C=O) groups excluding carboxylic acids is 1. The van der Waals surface area contributed by atoms with Crippen molar-refractivity contribution in [3.05, 3.63) is 11.9 Å². The SMILES string of the molecule is Cc1nn(C)cc1NC(=O)C1(C)CCCCN1. The molecule has 1 atom stereocenters. The van der Waals surface area contributed by atoms with Gasteiger partial charge in [-0.1, -0.05) is 0 Å². The van der Waals surface area contributed by atoms with E-state index in [9.17, 15) is 4.79 Å². The van der Waals surface area contributed by atoms with E-state index in [-0.39, 0.29) is 5.91 Å². The van der Waals surface area contributed by atoms with E-state index in [1.807, 2.05) is 27.1 Å². The molecule has 94 valence electrons. The Labute approximate surface area is 102 Å². The molecule has 0 spiro atoms. The maximum atomic E-state index is 12.2. The Kier molecular flexibility index (Phi) is 3.19. The summed E-state index contributed by atoms with van der Waals surface area (Å²) < 4.78 is 1.71. The average Bonchev–Trinajstić information content (AvgIpc) is 2.58. The summed E-state index contributed by atoms with van der Waals surface area (Å²) in [6, 6.07) is 0. The second-order valence-electron chi connectivity index (χ2n) is 4.97. The number of aromatic nitrogens is 2. The van der Waals surface area contributed by atoms with Gasteiger partial charge in [-0.05, 0) is 39.7 Å². The lowest BCUT2D eigenvalue weighted by Crippen LogP contribution is -2.54. The molecule has 1 unspecified atom stereocenters. The number of piperidine rings is 1. The van der Waals surface area contributed by atoms with Crippen molar-refractivity contribution in [3.8, 4) is 0 Å². The van der Waals surface area contributed by atoms with Crippen LogP contribution in [-0.4, -0.2) is 27.8 Å². The Balaban J connectivity index is 2.08. The first-order valence-corrected chi connectivity index (χ1v) is 6.08. The lowest BCUT2D eigenvalue weighted by atomic mass is 9.90. The van der Waals surface area contributed by atoms with E-state index in [2.05, 4.69) is 15.7 Å². The number of nitrogens with zero attached hydrogens (tertiary/aromatic N) is 2. The van der Waals surface area contributed by atoms with Crippen LogP contribution in [-0.2, 0) is 11.8 Å². The molecule has 1 amide bonds. The third kappa shape index (κ3) is 2.49. The van der Waals surface area contributed by atoms with E-state index in [1.165, 1.54) is 0 Å². The van der Waals surface area contributed by atoms with Crippen molar-refractivity contribution in [2.24, 2.45) is 7.05 Å². The van der Waals surface area contributed by atoms with E-state index < -0.39 is 5.54 Å². The normalized spacial score (nSPS) is 24.6. The van der Waals surface area contributed by atoms with Crippen LogP contribution in [0.25, 0.3) is 0 Å². The maximum absolute atomic E-state index is 12.2. The largest absolute Gasteiger partial charge is 0.322 e. The van der Waals surface area contributed by atoms with Crippen LogP contribution in [0.4, 0.5) is 5.69 Å². The Morgan fingerprint density at radius 3 is 2.88 bits per heavy atom. The van der Waals surface area contributed by atoms with Crippen LogP contribution in [0.1, 0.15) is 31.9 Å². The predicted molar refractivity (Wildman–Crippen MR) is 66.8 cm³/mol. The van der Waals surface area contributed by atoms with E-state index in [1.54, 1.807) is 4.68 Å². The van der Waals surface area contributed by atoms with Gasteiger partial charge in [0.25, 0.3) is 0 Å². The van der Waals surface area contributed by atoms with Crippen molar-refractivity contribution in [1.82, 2.24) is 15.1 Å². The zero-order chi connectivity index (χ0) is 12.5. The van der Waals surface area contributed by atoms with Crippen LogP contribution in [0.2, 0.25) is 0 Å². The molecule has 1 fully saturated rings. The minimum absolute atomic E-state index is 0.0355. The van der Waals surface area contributed by atoms with Gasteiger partial charge >= 0.3 is 0 Å². The first kappa shape index (κ1) is 12.1. The molecule has 1 aliphatic heterocycles. The highest BCUT2D eigenvalue weighted by Crippen LogP contribution is 2.21. The molecular formula is C12H20N4O. The molecule has 2 N–H and O–H groups in total. The summed E-state index contributed by atoms with van der Waals surface area (Å²) in [6.07, 6.45) is 4.97. The zero-order valence-corrected chi connectivity index (χ0v) is 10.7. The summed E-state index contributed by atoms with van der Waals surface area (Å²) >= 11 is 0. The molecule has 2 rings (SSSR count). The summed E-state index contributed by atoms with van der Waals surface area (Å²) in [7, 11) is 1.85. The fourth-order valence-electron chi connectivity index (χ4n) is 2.23. The molecule has 1 aromatic rings. The first-order valence-electron chi connectivity index (χ1n) is 6.08. The summed E-state index contributed by atoms with van der Waals surface area (Å²) in [5.41, 5.74) is 1.20. The number of anilines is 1. The average molecular weight is 236 g/mol. The van der Waals surface area contributed by atoms with Gasteiger partial charge in [-0.15, -0.1) is 0 Å². The van der Waals surface area contributed by atoms with E-state index >= 15 is 0 Å². The molecule has 0 bridgehead atoms. The number of amides is 1. The summed E-state index contributed by atoms with van der Waals surface area (Å²) in [5, 5.41) is 10.5. The van der Waals surface area contributed by atoms with Crippen molar-refractivity contribution in [1.29, 1.82) is 0 Å². The molecule has 0 aliphatic carbocycles. The number of rotatable bonds is 2. The molecule has 0 aromatic carbocycles. The zero-order valence-electron chi connectivity index (χ0n) is 10.7. The van der Waals surface area contributed by atoms with Gasteiger partial charge < -0.3 is 10.6 Å². The minimum Gasteiger partial charge on any atom is -0.322 e. The number of nitrogens with one attached hydrogen (secondary N) is 2. The van der Waals surface area contributed by atoms with Gasteiger partial charge in [0.15, 0.2) is 0 Å². The number of hydrogen-bond acceptors (Lipinski definition) is 3. The van der Waals surface area contributed by atoms with Crippen LogP contribution in [0.3, 0.4) is 0 Å². The van der Waals surface area contributed by atoms with Crippen LogP contribution >= 0.6 is 0 Å². The van der Waals surface area contributed by atoms with Gasteiger partial charge in [0.1, 0.15) is 0 Å². The van der Waals surface area contributed by atoms with Gasteiger partial charge in [-0.3, -0.25) is 9.48 Å². The van der Waals surface area contributed by atoms with Gasteiger partial charge in [-0.25, -0.2) is 0 Å². The maximum Gasteiger partial charge on any atom is 0.244 e. The number of carbonyl (C=O) groups is 1. The van der Waals surface area contributed by atoms with Gasteiger partial charge in [0.2, 0.25) is 5.91 Å². The molecule has 1 aromatic heterocycles. The standard InChI is InChI=1S/C12H20N4O/c1-9-10(8-16(3)15-9)14-11(17)12(2)6-4-5-7-13-12/h8,13H,4-7H2,1-3H3,(H,14,17). The van der Waals surface area contributed by atoms with Crippen LogP contribution in [0.5, 0.6) is 0 Å². The predicted octanol–water partition coefficient (Wildman–Crippen LogP) is 1.20. The molecular weight excluding hydrogens is 216 g/mol. The van der Waals surface area contributed by atoms with E-state index in [0.29, 0.717) is 0 Å². The van der Waals surface area contributed by atoms with Crippen molar-refractivity contribution in [2.75, 3.05) is 11.9 Å². The lowest BCUT2D eigenvalue weighted by molar-refractivity contribution is -0.122. The Morgan fingerprint density at radius 1 is 1.59 bits per heavy atom. The summed E-state index contributed by atoms with van der Waals surface area (Å²) in [4.78, 5) is 12.2. The topological polar surface area (TPSA) is 59.0 Å². The first-order chi connectivity index (χ1) is 8.01. The molecule has 17 heavy (non-hydrogen) atoms. The van der Waals surface area contributed by atoms with Gasteiger partial charge in [0, 0.05) is 13.2 Å². The van der Waals surface area contributed by atoms with Gasteiger partial charge in [0.05, 0.1) is 16.9 Å². The van der Waals surface area contributed by atoms with E-state index in [0.717, 1.165) is 37.2 Å². The molecule has 1 aliphatic rings. The van der Waals surface area contributed by atoms with Crippen molar-refractivity contribution in [2.45, 2.75) is 38.6 Å². The molecule has 0 saturated carbocycles. The van der Waals surface area contributed by atoms with Crippen molar-refractivity contribution >= 4 is 11.6 Å². The lowest BCUT2D eigenvalue weighted by Gasteiger charge is -2.33. The van der Waals surface area contributed by atoms with Crippen LogP contribution in [0.15, 0.2) is 6.20 Å². The molecule has 1 saturated heterocycles. The highest BCUT2D eigenvalue weighted by molar-refractivity contribution is 5.98. The Hall–Kier alpha value is -1.36. The second-order valence-corrected chi connectivity index (χ2v) is 4.97. The fraction of sp³-hybridized carbons (Fsp3) is 0.667. The third-order valence-corrected chi connectivity index (χ3v) is 3.38. The Bertz CT molecular complexity index is 418. The van der Waals surface area contributed by atoms with Crippen molar-refractivity contribution in [3.63, 3.8) is 0 Å². The summed E-state index contributed by atoms with van der Waals surface area (Å²) in [5.74, 6) is 0.0355. The molecule has 5 heteroatoms. The van der Waals surface area contributed by atoms with E-state index in [4.69, 9.17) is 0 Å². The molecule has 2 heterocycles. The molecule has 0 radical (unpaired) electrons. The monoisotopic (exact) mass is 236 g/mol. The second kappa shape index (κ2) is 4.49. The third-order valence-electron chi connectivity index (χ3n) is 3.38. The number of hydrogen-bond donors (Lipinski definition) is 2. The minimum atomic E-state index is -0.444. The highest BCUT2D eigenvalue weighted by atomic mass is 16.2. The highest BCUT2D eigenvalue weighted by Gasteiger charge is 2.34. The quantitative estimate of drug-likeness (QED) is 0.811. The van der Waals surface area contributed by atoms with Crippen molar-refractivity contribution < 1.29 is 4.79 Å². The van der Waals surface area contributed by atoms with Gasteiger partial charge in [-0.2, -0.15) is 5.10 Å². The number of aryl methyl sites for hydroxylation is 2. The summed E-state index contributed by atoms with van der Waals surface area (Å²) in [6.45, 7) is 4.77.